The van der Waals surface area contributed by atoms with E-state index in [0.717, 1.165) is 30.7 Å². The van der Waals surface area contributed by atoms with E-state index in [1.54, 1.807) is 10.3 Å². The van der Waals surface area contributed by atoms with Gasteiger partial charge in [-0.2, -0.15) is 0 Å². The number of amides is 2. The average molecular weight is 371 g/mol. The number of thiazole rings is 1. The summed E-state index contributed by atoms with van der Waals surface area (Å²) in [5.74, 6) is -0.254. The van der Waals surface area contributed by atoms with Crippen molar-refractivity contribution in [2.45, 2.75) is 44.7 Å². The molecule has 1 N–H and O–H groups in total. The fourth-order valence-electron chi connectivity index (χ4n) is 3.14. The van der Waals surface area contributed by atoms with E-state index >= 15 is 0 Å². The van der Waals surface area contributed by atoms with Crippen LogP contribution in [0.1, 0.15) is 52.9 Å². The van der Waals surface area contributed by atoms with Crippen LogP contribution >= 0.6 is 11.3 Å². The summed E-state index contributed by atoms with van der Waals surface area (Å²) < 4.78 is 22.8. The van der Waals surface area contributed by atoms with Gasteiger partial charge in [-0.05, 0) is 32.6 Å². The lowest BCUT2D eigenvalue weighted by molar-refractivity contribution is 0.0742. The molecule has 0 radical (unpaired) electrons. The van der Waals surface area contributed by atoms with E-state index in [0.29, 0.717) is 18.5 Å². The van der Waals surface area contributed by atoms with Crippen molar-refractivity contribution in [1.29, 1.82) is 0 Å². The van der Waals surface area contributed by atoms with Gasteiger partial charge in [0.2, 0.25) is 0 Å². The molecule has 7 nitrogen and oxygen atoms in total. The van der Waals surface area contributed by atoms with E-state index in [1.807, 2.05) is 6.92 Å². The van der Waals surface area contributed by atoms with Crippen LogP contribution in [-0.2, 0) is 9.84 Å². The van der Waals surface area contributed by atoms with E-state index in [2.05, 4.69) is 10.3 Å². The van der Waals surface area contributed by atoms with Crippen LogP contribution in [0.25, 0.3) is 0 Å². The Balaban J connectivity index is 1.61. The van der Waals surface area contributed by atoms with Crippen molar-refractivity contribution in [3.63, 3.8) is 0 Å². The smallest absolute Gasteiger partial charge is 0.280 e. The highest BCUT2D eigenvalue weighted by Crippen LogP contribution is 2.21. The average Bonchev–Trinajstić information content (AvgIpc) is 3.18. The summed E-state index contributed by atoms with van der Waals surface area (Å²) in [6.07, 6.45) is 2.84. The second-order valence-electron chi connectivity index (χ2n) is 6.43. The molecule has 3 rings (SSSR count). The summed E-state index contributed by atoms with van der Waals surface area (Å²) in [6.45, 7) is 2.75. The first-order chi connectivity index (χ1) is 11.4. The number of nitrogens with one attached hydrogen (secondary N) is 1. The third-order valence-electron chi connectivity index (χ3n) is 4.62. The summed E-state index contributed by atoms with van der Waals surface area (Å²) in [5.41, 5.74) is 0.310. The number of nitrogens with zero attached hydrogens (tertiary/aromatic N) is 2. The largest absolute Gasteiger partial charge is 0.347 e. The Hall–Kier alpha value is -1.48. The molecule has 1 unspecified atom stereocenters. The summed E-state index contributed by atoms with van der Waals surface area (Å²) in [7, 11) is -2.95. The van der Waals surface area contributed by atoms with Crippen molar-refractivity contribution < 1.29 is 18.0 Å². The number of carbonyl (C=O) groups excluding carboxylic acids is 2. The van der Waals surface area contributed by atoms with E-state index < -0.39 is 9.84 Å². The second kappa shape index (κ2) is 6.79. The molecule has 2 aliphatic heterocycles. The van der Waals surface area contributed by atoms with Crippen LogP contribution in [0.3, 0.4) is 0 Å². The van der Waals surface area contributed by atoms with Gasteiger partial charge in [0.25, 0.3) is 11.8 Å². The van der Waals surface area contributed by atoms with E-state index in [1.165, 1.54) is 0 Å². The summed E-state index contributed by atoms with van der Waals surface area (Å²) in [6, 6.07) is 0.0587. The van der Waals surface area contributed by atoms with Crippen LogP contribution < -0.4 is 5.32 Å². The highest BCUT2D eigenvalue weighted by Gasteiger charge is 2.29. The fraction of sp³-hybridized carbons (Fsp3) is 0.667. The van der Waals surface area contributed by atoms with E-state index in [-0.39, 0.29) is 40.4 Å². The van der Waals surface area contributed by atoms with Gasteiger partial charge in [0.15, 0.2) is 5.01 Å². The van der Waals surface area contributed by atoms with Gasteiger partial charge in [0, 0.05) is 24.0 Å². The van der Waals surface area contributed by atoms with Crippen LogP contribution in [-0.4, -0.2) is 60.3 Å². The minimum Gasteiger partial charge on any atom is -0.347 e. The van der Waals surface area contributed by atoms with Crippen molar-refractivity contribution in [1.82, 2.24) is 15.2 Å². The number of sulfone groups is 1. The van der Waals surface area contributed by atoms with Gasteiger partial charge in [-0.25, -0.2) is 13.4 Å². The van der Waals surface area contributed by atoms with Crippen LogP contribution in [0.4, 0.5) is 0 Å². The van der Waals surface area contributed by atoms with Gasteiger partial charge < -0.3 is 10.2 Å². The molecule has 9 heteroatoms. The molecule has 0 spiro atoms. The molecule has 1 aromatic heterocycles. The standard InChI is InChI=1S/C15H21N3O4S2/c1-10-3-2-6-18(10)15(20)12-9-23-14(17-12)13(19)16-11-4-7-24(21,22)8-5-11/h9-11H,2-8H2,1H3,(H,16,19). The lowest BCUT2D eigenvalue weighted by atomic mass is 10.1. The first kappa shape index (κ1) is 17.3. The third kappa shape index (κ3) is 3.77. The number of aromatic nitrogens is 1. The van der Waals surface area contributed by atoms with Crippen molar-refractivity contribution in [2.75, 3.05) is 18.1 Å². The Morgan fingerprint density at radius 1 is 1.29 bits per heavy atom. The Morgan fingerprint density at radius 3 is 2.62 bits per heavy atom. The molecule has 0 saturated carbocycles. The monoisotopic (exact) mass is 371 g/mol. The zero-order chi connectivity index (χ0) is 17.3. The molecular formula is C15H21N3O4S2. The molecule has 1 atom stereocenters. The zero-order valence-electron chi connectivity index (χ0n) is 13.5. The van der Waals surface area contributed by atoms with Gasteiger partial charge in [-0.15, -0.1) is 11.3 Å². The van der Waals surface area contributed by atoms with Crippen molar-refractivity contribution in [3.05, 3.63) is 16.1 Å². The second-order valence-corrected chi connectivity index (χ2v) is 9.59. The Morgan fingerprint density at radius 2 is 2.00 bits per heavy atom. The maximum Gasteiger partial charge on any atom is 0.280 e. The lowest BCUT2D eigenvalue weighted by Crippen LogP contribution is -2.40. The molecule has 2 saturated heterocycles. The molecule has 2 amide bonds. The molecule has 0 aliphatic carbocycles. The molecule has 2 fully saturated rings. The van der Waals surface area contributed by atoms with Crippen molar-refractivity contribution in [2.24, 2.45) is 0 Å². The molecule has 24 heavy (non-hydrogen) atoms. The zero-order valence-corrected chi connectivity index (χ0v) is 15.2. The van der Waals surface area contributed by atoms with Gasteiger partial charge in [0.05, 0.1) is 11.5 Å². The SMILES string of the molecule is CC1CCCN1C(=O)c1csc(C(=O)NC2CCS(=O)(=O)CC2)n1. The number of hydrogen-bond acceptors (Lipinski definition) is 6. The van der Waals surface area contributed by atoms with Gasteiger partial charge >= 0.3 is 0 Å². The van der Waals surface area contributed by atoms with Crippen molar-refractivity contribution in [3.8, 4) is 0 Å². The fourth-order valence-corrected chi connectivity index (χ4v) is 5.33. The minimum atomic E-state index is -2.95. The van der Waals surface area contributed by atoms with Crippen LogP contribution in [0.2, 0.25) is 0 Å². The number of likely N-dealkylation sites (tertiary alicyclic amines) is 1. The maximum absolute atomic E-state index is 12.4. The molecular weight excluding hydrogens is 350 g/mol. The summed E-state index contributed by atoms with van der Waals surface area (Å²) in [5, 5.41) is 4.69. The molecule has 1 aromatic rings. The van der Waals surface area contributed by atoms with Gasteiger partial charge in [-0.3, -0.25) is 9.59 Å². The molecule has 0 bridgehead atoms. The Kier molecular flexibility index (Phi) is 4.91. The molecule has 0 aromatic carbocycles. The number of hydrogen-bond donors (Lipinski definition) is 1. The quantitative estimate of drug-likeness (QED) is 0.857. The first-order valence-corrected chi connectivity index (χ1v) is 10.8. The summed E-state index contributed by atoms with van der Waals surface area (Å²) in [4.78, 5) is 30.7. The van der Waals surface area contributed by atoms with E-state index in [9.17, 15) is 18.0 Å². The van der Waals surface area contributed by atoms with Crippen LogP contribution in [0.15, 0.2) is 5.38 Å². The minimum absolute atomic E-state index is 0.104. The highest BCUT2D eigenvalue weighted by molar-refractivity contribution is 7.91. The molecule has 2 aliphatic rings. The maximum atomic E-state index is 12.4. The van der Waals surface area contributed by atoms with Crippen molar-refractivity contribution >= 4 is 33.0 Å². The summed E-state index contributed by atoms with van der Waals surface area (Å²) >= 11 is 1.15. The number of rotatable bonds is 3. The third-order valence-corrected chi connectivity index (χ3v) is 7.18. The lowest BCUT2D eigenvalue weighted by Gasteiger charge is -2.22. The number of carbonyl (C=O) groups is 2. The topological polar surface area (TPSA) is 96.4 Å². The Bertz CT molecular complexity index is 730. The van der Waals surface area contributed by atoms with Crippen LogP contribution in [0, 0.1) is 0 Å². The first-order valence-electron chi connectivity index (χ1n) is 8.13. The Labute approximate surface area is 145 Å². The molecule has 132 valence electrons. The van der Waals surface area contributed by atoms with Gasteiger partial charge in [0.1, 0.15) is 15.5 Å². The van der Waals surface area contributed by atoms with Crippen LogP contribution in [0.5, 0.6) is 0 Å². The van der Waals surface area contributed by atoms with E-state index in [4.69, 9.17) is 0 Å². The predicted octanol–water partition coefficient (Wildman–Crippen LogP) is 1.07. The predicted molar refractivity (Wildman–Crippen MR) is 91.0 cm³/mol. The van der Waals surface area contributed by atoms with Gasteiger partial charge in [-0.1, -0.05) is 0 Å². The normalized spacial score (nSPS) is 24.0. The highest BCUT2D eigenvalue weighted by atomic mass is 32.2. The molecule has 3 heterocycles.